The summed E-state index contributed by atoms with van der Waals surface area (Å²) in [6.07, 6.45) is 3.45. The second kappa shape index (κ2) is 6.02. The van der Waals surface area contributed by atoms with E-state index < -0.39 is 5.60 Å². The lowest BCUT2D eigenvalue weighted by molar-refractivity contribution is -0.157. The zero-order chi connectivity index (χ0) is 13.9. The molecule has 0 amide bonds. The molecular weight excluding hydrogens is 314 g/mol. The molecule has 2 rings (SSSR count). The molecule has 0 bridgehead atoms. The standard InChI is InChI=1S/C12H18BrN3O3/c1-16-7-9(13)15-11(16)12(3-5-14-6-4-12)19-8-10(17)18-2/h7,14H,3-6,8H2,1-2H3. The first-order valence-corrected chi connectivity index (χ1v) is 6.97. The highest BCUT2D eigenvalue weighted by atomic mass is 79.9. The third kappa shape index (κ3) is 3.16. The van der Waals surface area contributed by atoms with E-state index in [0.717, 1.165) is 36.4 Å². The minimum Gasteiger partial charge on any atom is -0.467 e. The van der Waals surface area contributed by atoms with E-state index in [4.69, 9.17) is 4.74 Å². The maximum Gasteiger partial charge on any atom is 0.331 e. The number of nitrogens with one attached hydrogen (secondary N) is 1. The van der Waals surface area contributed by atoms with Crippen LogP contribution in [0.2, 0.25) is 0 Å². The predicted octanol–water partition coefficient (Wildman–Crippen LogP) is 0.951. The molecule has 2 heterocycles. The van der Waals surface area contributed by atoms with Crippen LogP contribution < -0.4 is 5.32 Å². The molecule has 1 aromatic rings. The molecule has 1 aliphatic rings. The van der Waals surface area contributed by atoms with Gasteiger partial charge in [0.25, 0.3) is 0 Å². The Labute approximate surface area is 120 Å². The highest BCUT2D eigenvalue weighted by molar-refractivity contribution is 9.10. The fraction of sp³-hybridized carbons (Fsp3) is 0.667. The van der Waals surface area contributed by atoms with Crippen LogP contribution in [0, 0.1) is 0 Å². The monoisotopic (exact) mass is 331 g/mol. The molecule has 0 aromatic carbocycles. The van der Waals surface area contributed by atoms with Gasteiger partial charge in [-0.3, -0.25) is 0 Å². The molecule has 6 nitrogen and oxygen atoms in total. The van der Waals surface area contributed by atoms with Crippen LogP contribution in [0.25, 0.3) is 0 Å². The van der Waals surface area contributed by atoms with Crippen molar-refractivity contribution >= 4 is 21.9 Å². The van der Waals surface area contributed by atoms with Gasteiger partial charge in [0.2, 0.25) is 0 Å². The van der Waals surface area contributed by atoms with Crippen molar-refractivity contribution in [2.24, 2.45) is 7.05 Å². The number of aryl methyl sites for hydroxylation is 1. The summed E-state index contributed by atoms with van der Waals surface area (Å²) in [5.41, 5.74) is -0.528. The number of aromatic nitrogens is 2. The summed E-state index contributed by atoms with van der Waals surface area (Å²) in [4.78, 5) is 15.8. The van der Waals surface area contributed by atoms with Gasteiger partial charge in [0.1, 0.15) is 22.6 Å². The van der Waals surface area contributed by atoms with Gasteiger partial charge in [-0.05, 0) is 41.9 Å². The quantitative estimate of drug-likeness (QED) is 0.832. The normalized spacial score (nSPS) is 18.3. The van der Waals surface area contributed by atoms with Crippen molar-refractivity contribution < 1.29 is 14.3 Å². The number of piperidine rings is 1. The SMILES string of the molecule is COC(=O)COC1(c2nc(Br)cn2C)CCNCC1. The van der Waals surface area contributed by atoms with Crippen LogP contribution in [0.4, 0.5) is 0 Å². The molecule has 1 aliphatic heterocycles. The summed E-state index contributed by atoms with van der Waals surface area (Å²) in [5, 5.41) is 3.29. The fourth-order valence-corrected chi connectivity index (χ4v) is 2.85. The Morgan fingerprint density at radius 2 is 2.26 bits per heavy atom. The average Bonchev–Trinajstić information content (AvgIpc) is 2.76. The first-order chi connectivity index (χ1) is 9.07. The van der Waals surface area contributed by atoms with E-state index in [0.29, 0.717) is 0 Å². The van der Waals surface area contributed by atoms with Gasteiger partial charge in [-0.25, -0.2) is 9.78 Å². The molecule has 106 valence electrons. The number of carbonyl (C=O) groups excluding carboxylic acids is 1. The number of nitrogens with zero attached hydrogens (tertiary/aromatic N) is 2. The van der Waals surface area contributed by atoms with E-state index in [1.807, 2.05) is 17.8 Å². The first-order valence-electron chi connectivity index (χ1n) is 6.18. The van der Waals surface area contributed by atoms with Gasteiger partial charge in [-0.2, -0.15) is 0 Å². The van der Waals surface area contributed by atoms with Crippen molar-refractivity contribution in [1.29, 1.82) is 0 Å². The smallest absolute Gasteiger partial charge is 0.331 e. The lowest BCUT2D eigenvalue weighted by atomic mass is 9.91. The Bertz CT molecular complexity index is 455. The number of hydrogen-bond donors (Lipinski definition) is 1. The highest BCUT2D eigenvalue weighted by Crippen LogP contribution is 2.34. The van der Waals surface area contributed by atoms with Crippen LogP contribution >= 0.6 is 15.9 Å². The van der Waals surface area contributed by atoms with Gasteiger partial charge in [0.15, 0.2) is 0 Å². The minimum atomic E-state index is -0.528. The molecule has 1 N–H and O–H groups in total. The van der Waals surface area contributed by atoms with Crippen molar-refractivity contribution in [2.75, 3.05) is 26.8 Å². The molecule has 0 unspecified atom stereocenters. The molecule has 1 aromatic heterocycles. The third-order valence-electron chi connectivity index (χ3n) is 3.36. The van der Waals surface area contributed by atoms with Crippen LogP contribution in [0.5, 0.6) is 0 Å². The van der Waals surface area contributed by atoms with Crippen molar-refractivity contribution in [3.63, 3.8) is 0 Å². The maximum atomic E-state index is 11.3. The molecule has 1 fully saturated rings. The average molecular weight is 332 g/mol. The molecule has 7 heteroatoms. The van der Waals surface area contributed by atoms with Crippen molar-refractivity contribution in [1.82, 2.24) is 14.9 Å². The Morgan fingerprint density at radius 1 is 1.58 bits per heavy atom. The van der Waals surface area contributed by atoms with E-state index in [-0.39, 0.29) is 12.6 Å². The van der Waals surface area contributed by atoms with Gasteiger partial charge in [0, 0.05) is 13.2 Å². The van der Waals surface area contributed by atoms with E-state index >= 15 is 0 Å². The zero-order valence-electron chi connectivity index (χ0n) is 11.1. The van der Waals surface area contributed by atoms with Crippen LogP contribution in [0.1, 0.15) is 18.7 Å². The van der Waals surface area contributed by atoms with E-state index in [1.54, 1.807) is 0 Å². The third-order valence-corrected chi connectivity index (χ3v) is 3.74. The summed E-state index contributed by atoms with van der Waals surface area (Å²) in [6.45, 7) is 1.62. The number of carbonyl (C=O) groups is 1. The zero-order valence-corrected chi connectivity index (χ0v) is 12.7. The number of imidazole rings is 1. The summed E-state index contributed by atoms with van der Waals surface area (Å²) in [5.74, 6) is 0.468. The summed E-state index contributed by atoms with van der Waals surface area (Å²) in [7, 11) is 3.29. The number of rotatable bonds is 4. The lowest BCUT2D eigenvalue weighted by Gasteiger charge is -2.36. The van der Waals surface area contributed by atoms with Gasteiger partial charge in [0.05, 0.1) is 7.11 Å². The van der Waals surface area contributed by atoms with Gasteiger partial charge in [-0.15, -0.1) is 0 Å². The number of esters is 1. The van der Waals surface area contributed by atoms with Crippen LogP contribution in [0.15, 0.2) is 10.8 Å². The fourth-order valence-electron chi connectivity index (χ4n) is 2.37. The predicted molar refractivity (Wildman–Crippen MR) is 72.7 cm³/mol. The number of methoxy groups -OCH3 is 1. The van der Waals surface area contributed by atoms with Crippen LogP contribution in [-0.2, 0) is 26.9 Å². The summed E-state index contributed by atoms with van der Waals surface area (Å²) >= 11 is 3.37. The molecule has 1 saturated heterocycles. The first kappa shape index (κ1) is 14.5. The lowest BCUT2D eigenvalue weighted by Crippen LogP contribution is -2.44. The largest absolute Gasteiger partial charge is 0.467 e. The molecule has 19 heavy (non-hydrogen) atoms. The number of halogens is 1. The van der Waals surface area contributed by atoms with Crippen LogP contribution in [0.3, 0.4) is 0 Å². The Hall–Kier alpha value is -0.920. The second-order valence-electron chi connectivity index (χ2n) is 4.61. The Balaban J connectivity index is 2.23. The highest BCUT2D eigenvalue weighted by Gasteiger charge is 2.39. The summed E-state index contributed by atoms with van der Waals surface area (Å²) in [6, 6.07) is 0. The molecule has 0 atom stereocenters. The second-order valence-corrected chi connectivity index (χ2v) is 5.42. The molecule has 0 spiro atoms. The minimum absolute atomic E-state index is 0.0546. The molecule has 0 aliphatic carbocycles. The van der Waals surface area contributed by atoms with Crippen molar-refractivity contribution in [2.45, 2.75) is 18.4 Å². The van der Waals surface area contributed by atoms with Gasteiger partial charge >= 0.3 is 5.97 Å². The summed E-state index contributed by atoms with van der Waals surface area (Å²) < 4.78 is 13.2. The topological polar surface area (TPSA) is 65.4 Å². The van der Waals surface area contributed by atoms with E-state index in [2.05, 4.69) is 31.0 Å². The number of hydrogen-bond acceptors (Lipinski definition) is 5. The Morgan fingerprint density at radius 3 is 2.79 bits per heavy atom. The van der Waals surface area contributed by atoms with Crippen molar-refractivity contribution in [3.05, 3.63) is 16.6 Å². The molecular formula is C12H18BrN3O3. The van der Waals surface area contributed by atoms with E-state index in [9.17, 15) is 4.79 Å². The number of ether oxygens (including phenoxy) is 2. The van der Waals surface area contributed by atoms with Crippen LogP contribution in [-0.4, -0.2) is 42.3 Å². The molecule has 0 saturated carbocycles. The van der Waals surface area contributed by atoms with Crippen molar-refractivity contribution in [3.8, 4) is 0 Å². The van der Waals surface area contributed by atoms with E-state index in [1.165, 1.54) is 7.11 Å². The Kier molecular flexibility index (Phi) is 4.59. The molecule has 0 radical (unpaired) electrons. The maximum absolute atomic E-state index is 11.3. The van der Waals surface area contributed by atoms with Gasteiger partial charge < -0.3 is 19.4 Å². The van der Waals surface area contributed by atoms with Gasteiger partial charge in [-0.1, -0.05) is 0 Å².